The van der Waals surface area contributed by atoms with Gasteiger partial charge in [0.25, 0.3) is 0 Å². The first-order chi connectivity index (χ1) is 15.1. The maximum atomic E-state index is 13.0. The van der Waals surface area contributed by atoms with Crippen LogP contribution in [0, 0.1) is 0 Å². The number of rotatable bonds is 3. The molecule has 3 heterocycles. The average Bonchev–Trinajstić information content (AvgIpc) is 2.93. The number of aryl methyl sites for hydroxylation is 2. The maximum absolute atomic E-state index is 13.0. The fraction of sp³-hybridized carbons (Fsp3) is 0.400. The van der Waals surface area contributed by atoms with Gasteiger partial charge in [0.2, 0.25) is 11.8 Å². The van der Waals surface area contributed by atoms with Gasteiger partial charge >= 0.3 is 0 Å². The highest BCUT2D eigenvalue weighted by atomic mass is 16.2. The predicted molar refractivity (Wildman–Crippen MR) is 121 cm³/mol. The summed E-state index contributed by atoms with van der Waals surface area (Å²) in [6.07, 6.45) is 5.71. The Balaban J connectivity index is 1.36. The Morgan fingerprint density at radius 1 is 1.06 bits per heavy atom. The zero-order valence-corrected chi connectivity index (χ0v) is 17.9. The van der Waals surface area contributed by atoms with Gasteiger partial charge < -0.3 is 14.8 Å². The number of nitrogens with zero attached hydrogens (tertiary/aromatic N) is 3. The summed E-state index contributed by atoms with van der Waals surface area (Å²) >= 11 is 0. The van der Waals surface area contributed by atoms with Crippen LogP contribution in [0.25, 0.3) is 11.0 Å². The molecule has 0 spiro atoms. The van der Waals surface area contributed by atoms with Gasteiger partial charge in [-0.15, -0.1) is 0 Å². The van der Waals surface area contributed by atoms with Crippen molar-refractivity contribution in [2.75, 3.05) is 11.9 Å². The lowest BCUT2D eigenvalue weighted by Crippen LogP contribution is -2.40. The summed E-state index contributed by atoms with van der Waals surface area (Å²) < 4.78 is 2.32. The van der Waals surface area contributed by atoms with Crippen molar-refractivity contribution < 1.29 is 9.59 Å². The fourth-order valence-corrected chi connectivity index (χ4v) is 5.06. The van der Waals surface area contributed by atoms with Crippen LogP contribution in [-0.4, -0.2) is 32.8 Å². The van der Waals surface area contributed by atoms with Crippen molar-refractivity contribution in [1.82, 2.24) is 14.5 Å². The summed E-state index contributed by atoms with van der Waals surface area (Å²) in [5, 5.41) is 3.04. The molecule has 160 valence electrons. The van der Waals surface area contributed by atoms with Crippen molar-refractivity contribution in [3.8, 4) is 0 Å². The van der Waals surface area contributed by atoms with E-state index in [2.05, 4.69) is 22.0 Å². The molecule has 0 fully saturated rings. The number of hydrogen-bond donors (Lipinski definition) is 1. The number of carbonyl (C=O) groups is 2. The Labute approximate surface area is 182 Å². The summed E-state index contributed by atoms with van der Waals surface area (Å²) in [6.45, 7) is 3.24. The molecule has 2 aliphatic rings. The van der Waals surface area contributed by atoms with Crippen molar-refractivity contribution >= 4 is 28.5 Å². The van der Waals surface area contributed by atoms with Crippen LogP contribution >= 0.6 is 0 Å². The molecule has 1 aromatic heterocycles. The molecule has 0 saturated carbocycles. The van der Waals surface area contributed by atoms with Crippen LogP contribution < -0.4 is 5.32 Å². The number of nitrogens with one attached hydrogen (secondary N) is 1. The summed E-state index contributed by atoms with van der Waals surface area (Å²) in [6, 6.07) is 13.9. The number of hydrogen-bond acceptors (Lipinski definition) is 3. The van der Waals surface area contributed by atoms with E-state index < -0.39 is 0 Å². The lowest BCUT2D eigenvalue weighted by molar-refractivity contribution is -0.132. The second kappa shape index (κ2) is 8.17. The van der Waals surface area contributed by atoms with E-state index >= 15 is 0 Å². The Morgan fingerprint density at radius 3 is 2.81 bits per heavy atom. The quantitative estimate of drug-likeness (QED) is 0.695. The molecule has 0 bridgehead atoms. The van der Waals surface area contributed by atoms with Crippen molar-refractivity contribution in [3.05, 3.63) is 59.4 Å². The summed E-state index contributed by atoms with van der Waals surface area (Å²) in [5.74, 6) is 1.06. The first-order valence-corrected chi connectivity index (χ1v) is 11.2. The average molecular weight is 417 g/mol. The molecular formula is C25H28N4O2. The standard InChI is InChI=1S/C25H28N4O2/c1-17(30)28-14-12-18-7-4-5-8-20(18)23(28)16-25(31)26-19-10-11-22-21(15-19)27-24-9-3-2-6-13-29(22)24/h4-5,7-8,10-11,15,23H,2-3,6,9,12-14,16H2,1H3,(H,26,31). The van der Waals surface area contributed by atoms with E-state index in [1.807, 2.05) is 35.2 Å². The van der Waals surface area contributed by atoms with Gasteiger partial charge in [-0.3, -0.25) is 9.59 Å². The number of imidazole rings is 1. The van der Waals surface area contributed by atoms with Gasteiger partial charge in [0.15, 0.2) is 0 Å². The Hall–Kier alpha value is -3.15. The number of fused-ring (bicyclic) bond motifs is 4. The maximum Gasteiger partial charge on any atom is 0.226 e. The molecule has 2 aliphatic heterocycles. The molecule has 5 rings (SSSR count). The molecule has 1 N–H and O–H groups in total. The van der Waals surface area contributed by atoms with Crippen LogP contribution in [0.2, 0.25) is 0 Å². The highest BCUT2D eigenvalue weighted by molar-refractivity contribution is 5.94. The van der Waals surface area contributed by atoms with Crippen LogP contribution in [0.15, 0.2) is 42.5 Å². The summed E-state index contributed by atoms with van der Waals surface area (Å²) in [5.41, 5.74) is 5.12. The van der Waals surface area contributed by atoms with Gasteiger partial charge in [0.1, 0.15) is 5.82 Å². The van der Waals surface area contributed by atoms with Gasteiger partial charge in [-0.2, -0.15) is 0 Å². The van der Waals surface area contributed by atoms with Crippen LogP contribution in [0.3, 0.4) is 0 Å². The fourth-order valence-electron chi connectivity index (χ4n) is 5.06. The number of amides is 2. The van der Waals surface area contributed by atoms with E-state index in [4.69, 9.17) is 4.98 Å². The topological polar surface area (TPSA) is 67.2 Å². The van der Waals surface area contributed by atoms with Crippen molar-refractivity contribution in [2.45, 2.75) is 58.0 Å². The predicted octanol–water partition coefficient (Wildman–Crippen LogP) is 4.24. The van der Waals surface area contributed by atoms with Crippen LogP contribution in [0.4, 0.5) is 5.69 Å². The number of anilines is 1. The first kappa shape index (κ1) is 19.8. The largest absolute Gasteiger partial charge is 0.335 e. The Morgan fingerprint density at radius 2 is 1.94 bits per heavy atom. The molecule has 6 nitrogen and oxygen atoms in total. The lowest BCUT2D eigenvalue weighted by atomic mass is 9.90. The second-order valence-corrected chi connectivity index (χ2v) is 8.62. The third-order valence-corrected chi connectivity index (χ3v) is 6.59. The van der Waals surface area contributed by atoms with E-state index in [9.17, 15) is 9.59 Å². The molecule has 31 heavy (non-hydrogen) atoms. The molecule has 6 heteroatoms. The summed E-state index contributed by atoms with van der Waals surface area (Å²) in [4.78, 5) is 31.8. The number of benzene rings is 2. The first-order valence-electron chi connectivity index (χ1n) is 11.2. The number of aromatic nitrogens is 2. The molecule has 1 unspecified atom stereocenters. The minimum Gasteiger partial charge on any atom is -0.335 e. The van der Waals surface area contributed by atoms with Crippen molar-refractivity contribution in [1.29, 1.82) is 0 Å². The van der Waals surface area contributed by atoms with Gasteiger partial charge in [-0.1, -0.05) is 30.7 Å². The minimum absolute atomic E-state index is 0.00762. The normalized spacial score (nSPS) is 18.2. The smallest absolute Gasteiger partial charge is 0.226 e. The van der Waals surface area contributed by atoms with E-state index in [0.29, 0.717) is 6.54 Å². The lowest BCUT2D eigenvalue weighted by Gasteiger charge is -2.36. The van der Waals surface area contributed by atoms with Gasteiger partial charge in [0, 0.05) is 32.1 Å². The minimum atomic E-state index is -0.227. The monoisotopic (exact) mass is 416 g/mol. The third-order valence-electron chi connectivity index (χ3n) is 6.59. The zero-order valence-electron chi connectivity index (χ0n) is 17.9. The van der Waals surface area contributed by atoms with Gasteiger partial charge in [0.05, 0.1) is 23.5 Å². The molecule has 2 aromatic carbocycles. The molecule has 1 atom stereocenters. The van der Waals surface area contributed by atoms with E-state index in [-0.39, 0.29) is 24.3 Å². The van der Waals surface area contributed by atoms with Crippen molar-refractivity contribution in [2.24, 2.45) is 0 Å². The highest BCUT2D eigenvalue weighted by Gasteiger charge is 2.30. The van der Waals surface area contributed by atoms with E-state index in [1.54, 1.807) is 6.92 Å². The van der Waals surface area contributed by atoms with Gasteiger partial charge in [-0.05, 0) is 48.6 Å². The van der Waals surface area contributed by atoms with Crippen LogP contribution in [0.1, 0.15) is 55.6 Å². The molecule has 2 amide bonds. The second-order valence-electron chi connectivity index (χ2n) is 8.62. The summed E-state index contributed by atoms with van der Waals surface area (Å²) in [7, 11) is 0. The van der Waals surface area contributed by atoms with Crippen LogP contribution in [0.5, 0.6) is 0 Å². The SMILES string of the molecule is CC(=O)N1CCc2ccccc2C1CC(=O)Nc1ccc2c(c1)nc1n2CCCCC1. The van der Waals surface area contributed by atoms with E-state index in [0.717, 1.165) is 47.5 Å². The third kappa shape index (κ3) is 3.82. The molecule has 0 aliphatic carbocycles. The molecule has 3 aromatic rings. The Kier molecular flexibility index (Phi) is 5.22. The van der Waals surface area contributed by atoms with Crippen molar-refractivity contribution in [3.63, 3.8) is 0 Å². The number of carbonyl (C=O) groups excluding carboxylic acids is 2. The Bertz CT molecular complexity index is 1150. The van der Waals surface area contributed by atoms with Gasteiger partial charge in [-0.25, -0.2) is 4.98 Å². The molecule has 0 saturated heterocycles. The zero-order chi connectivity index (χ0) is 21.4. The molecule has 0 radical (unpaired) electrons. The van der Waals surface area contributed by atoms with E-state index in [1.165, 1.54) is 24.8 Å². The molecular weight excluding hydrogens is 388 g/mol. The van der Waals surface area contributed by atoms with Crippen LogP contribution in [-0.2, 0) is 29.0 Å². The highest BCUT2D eigenvalue weighted by Crippen LogP contribution is 2.33.